The van der Waals surface area contributed by atoms with E-state index in [1.807, 2.05) is 0 Å². The molecular formula is C13H23N3S. The molecule has 1 fully saturated rings. The summed E-state index contributed by atoms with van der Waals surface area (Å²) < 4.78 is 4.51. The first kappa shape index (κ1) is 12.8. The van der Waals surface area contributed by atoms with E-state index in [1.54, 1.807) is 0 Å². The Bertz CT molecular complexity index is 348. The van der Waals surface area contributed by atoms with Crippen LogP contribution in [0.5, 0.6) is 0 Å². The number of nitrogens with zero attached hydrogens (tertiary/aromatic N) is 2. The summed E-state index contributed by atoms with van der Waals surface area (Å²) in [5.74, 6) is 3.25. The molecule has 1 aromatic rings. The van der Waals surface area contributed by atoms with Crippen LogP contribution in [0.25, 0.3) is 0 Å². The maximum atomic E-state index is 4.63. The van der Waals surface area contributed by atoms with Crippen LogP contribution in [0.1, 0.15) is 58.2 Å². The van der Waals surface area contributed by atoms with E-state index in [0.29, 0.717) is 11.8 Å². The number of anilines is 1. The van der Waals surface area contributed by atoms with Gasteiger partial charge in [0.05, 0.1) is 0 Å². The van der Waals surface area contributed by atoms with Crippen molar-refractivity contribution in [2.75, 3.05) is 11.9 Å². The van der Waals surface area contributed by atoms with Gasteiger partial charge in [-0.15, -0.1) is 0 Å². The first-order valence-corrected chi connectivity index (χ1v) is 7.53. The Balaban J connectivity index is 1.90. The van der Waals surface area contributed by atoms with Crippen LogP contribution in [0, 0.1) is 11.8 Å². The zero-order valence-electron chi connectivity index (χ0n) is 11.1. The van der Waals surface area contributed by atoms with E-state index in [4.69, 9.17) is 0 Å². The number of hydrogen-bond acceptors (Lipinski definition) is 4. The quantitative estimate of drug-likeness (QED) is 0.865. The predicted octanol–water partition coefficient (Wildman–Crippen LogP) is 3.90. The van der Waals surface area contributed by atoms with Crippen LogP contribution in [-0.4, -0.2) is 15.9 Å². The zero-order chi connectivity index (χ0) is 12.3. The molecule has 0 saturated heterocycles. The molecule has 0 amide bonds. The second-order valence-corrected chi connectivity index (χ2v) is 6.27. The van der Waals surface area contributed by atoms with Gasteiger partial charge in [-0.05, 0) is 31.1 Å². The second-order valence-electron chi connectivity index (χ2n) is 5.52. The molecule has 0 bridgehead atoms. The van der Waals surface area contributed by atoms with Gasteiger partial charge in [-0.25, -0.2) is 4.98 Å². The Morgan fingerprint density at radius 3 is 2.88 bits per heavy atom. The summed E-state index contributed by atoms with van der Waals surface area (Å²) in [6, 6.07) is 0. The molecule has 1 N–H and O–H groups in total. The molecule has 2 rings (SSSR count). The Labute approximate surface area is 108 Å². The number of rotatable bonds is 5. The molecule has 1 saturated carbocycles. The number of hydrogen-bond donors (Lipinski definition) is 1. The van der Waals surface area contributed by atoms with Crippen molar-refractivity contribution < 1.29 is 0 Å². The first-order valence-electron chi connectivity index (χ1n) is 6.76. The van der Waals surface area contributed by atoms with Gasteiger partial charge in [0.25, 0.3) is 0 Å². The van der Waals surface area contributed by atoms with Crippen LogP contribution in [-0.2, 0) is 0 Å². The Hall–Kier alpha value is -0.640. The van der Waals surface area contributed by atoms with E-state index >= 15 is 0 Å². The van der Waals surface area contributed by atoms with Crippen molar-refractivity contribution in [3.05, 3.63) is 5.82 Å². The summed E-state index contributed by atoms with van der Waals surface area (Å²) in [5, 5.41) is 4.35. The van der Waals surface area contributed by atoms with E-state index in [2.05, 4.69) is 35.4 Å². The van der Waals surface area contributed by atoms with Crippen LogP contribution in [0.15, 0.2) is 0 Å². The highest BCUT2D eigenvalue weighted by atomic mass is 32.1. The van der Waals surface area contributed by atoms with E-state index in [1.165, 1.54) is 37.2 Å². The SMILES string of the molecule is CCC1CCC(c2nsc(NCC(C)C)n2)C1. The maximum absolute atomic E-state index is 4.63. The van der Waals surface area contributed by atoms with Crippen molar-refractivity contribution in [2.24, 2.45) is 11.8 Å². The van der Waals surface area contributed by atoms with Crippen molar-refractivity contribution in [1.29, 1.82) is 0 Å². The van der Waals surface area contributed by atoms with Gasteiger partial charge in [0.1, 0.15) is 5.82 Å². The summed E-state index contributed by atoms with van der Waals surface area (Å²) in [6.07, 6.45) is 5.23. The lowest BCUT2D eigenvalue weighted by Crippen LogP contribution is -2.07. The molecule has 1 heterocycles. The van der Waals surface area contributed by atoms with Crippen LogP contribution >= 0.6 is 11.5 Å². The summed E-state index contributed by atoms with van der Waals surface area (Å²) in [7, 11) is 0. The molecule has 1 aliphatic rings. The van der Waals surface area contributed by atoms with E-state index < -0.39 is 0 Å². The van der Waals surface area contributed by atoms with Gasteiger partial charge < -0.3 is 5.32 Å². The molecule has 0 aromatic carbocycles. The Kier molecular flexibility index (Phi) is 4.37. The third-order valence-corrected chi connectivity index (χ3v) is 4.27. The molecule has 17 heavy (non-hydrogen) atoms. The predicted molar refractivity (Wildman–Crippen MR) is 73.6 cm³/mol. The van der Waals surface area contributed by atoms with Gasteiger partial charge >= 0.3 is 0 Å². The van der Waals surface area contributed by atoms with Gasteiger partial charge in [-0.1, -0.05) is 27.2 Å². The van der Waals surface area contributed by atoms with Gasteiger partial charge in [0.15, 0.2) is 0 Å². The van der Waals surface area contributed by atoms with E-state index in [-0.39, 0.29) is 0 Å². The third kappa shape index (κ3) is 3.41. The monoisotopic (exact) mass is 253 g/mol. The minimum atomic E-state index is 0.616. The van der Waals surface area contributed by atoms with E-state index in [9.17, 15) is 0 Å². The summed E-state index contributed by atoms with van der Waals surface area (Å²) in [4.78, 5) is 4.63. The lowest BCUT2D eigenvalue weighted by Gasteiger charge is -2.06. The van der Waals surface area contributed by atoms with Crippen LogP contribution < -0.4 is 5.32 Å². The average Bonchev–Trinajstić information content (AvgIpc) is 2.94. The van der Waals surface area contributed by atoms with Crippen molar-refractivity contribution in [1.82, 2.24) is 9.36 Å². The number of nitrogens with one attached hydrogen (secondary N) is 1. The summed E-state index contributed by atoms with van der Waals surface area (Å²) >= 11 is 1.51. The smallest absolute Gasteiger partial charge is 0.202 e. The van der Waals surface area contributed by atoms with Gasteiger partial charge in [0.2, 0.25) is 5.13 Å². The Morgan fingerprint density at radius 1 is 1.41 bits per heavy atom. The van der Waals surface area contributed by atoms with Crippen LogP contribution in [0.3, 0.4) is 0 Å². The van der Waals surface area contributed by atoms with Crippen molar-refractivity contribution in [3.63, 3.8) is 0 Å². The Morgan fingerprint density at radius 2 is 2.24 bits per heavy atom. The molecule has 3 nitrogen and oxygen atoms in total. The van der Waals surface area contributed by atoms with Crippen molar-refractivity contribution in [3.8, 4) is 0 Å². The standard InChI is InChI=1S/C13H23N3S/c1-4-10-5-6-11(7-10)12-15-13(17-16-12)14-8-9(2)3/h9-11H,4-8H2,1-3H3,(H,14,15,16). The zero-order valence-corrected chi connectivity index (χ0v) is 11.9. The highest BCUT2D eigenvalue weighted by molar-refractivity contribution is 7.09. The van der Waals surface area contributed by atoms with Crippen LogP contribution in [0.2, 0.25) is 0 Å². The van der Waals surface area contributed by atoms with Gasteiger partial charge in [-0.2, -0.15) is 4.37 Å². The summed E-state index contributed by atoms with van der Waals surface area (Å²) in [5.41, 5.74) is 0. The molecular weight excluding hydrogens is 230 g/mol. The molecule has 1 aromatic heterocycles. The fourth-order valence-electron chi connectivity index (χ4n) is 2.44. The lowest BCUT2D eigenvalue weighted by molar-refractivity contribution is 0.518. The van der Waals surface area contributed by atoms with Crippen molar-refractivity contribution in [2.45, 2.75) is 52.4 Å². The maximum Gasteiger partial charge on any atom is 0.202 e. The fraction of sp³-hybridized carbons (Fsp3) is 0.846. The minimum Gasteiger partial charge on any atom is -0.360 e. The van der Waals surface area contributed by atoms with Crippen LogP contribution in [0.4, 0.5) is 5.13 Å². The number of aromatic nitrogens is 2. The molecule has 0 aliphatic heterocycles. The molecule has 2 unspecified atom stereocenters. The molecule has 2 atom stereocenters. The molecule has 0 radical (unpaired) electrons. The third-order valence-electron chi connectivity index (χ3n) is 3.59. The lowest BCUT2D eigenvalue weighted by atomic mass is 10.0. The molecule has 4 heteroatoms. The first-order chi connectivity index (χ1) is 8.19. The fourth-order valence-corrected chi connectivity index (χ4v) is 3.10. The highest BCUT2D eigenvalue weighted by Crippen LogP contribution is 2.39. The minimum absolute atomic E-state index is 0.616. The molecule has 0 spiro atoms. The average molecular weight is 253 g/mol. The van der Waals surface area contributed by atoms with E-state index in [0.717, 1.165) is 23.4 Å². The topological polar surface area (TPSA) is 37.8 Å². The molecule has 96 valence electrons. The molecule has 1 aliphatic carbocycles. The summed E-state index contributed by atoms with van der Waals surface area (Å²) in [6.45, 7) is 7.68. The van der Waals surface area contributed by atoms with Crippen molar-refractivity contribution >= 4 is 16.7 Å². The normalized spacial score (nSPS) is 24.5. The van der Waals surface area contributed by atoms with Gasteiger partial charge in [0, 0.05) is 24.0 Å². The highest BCUT2D eigenvalue weighted by Gasteiger charge is 2.27. The second kappa shape index (κ2) is 5.80. The van der Waals surface area contributed by atoms with Gasteiger partial charge in [-0.3, -0.25) is 0 Å². The largest absolute Gasteiger partial charge is 0.360 e.